The molecule has 0 atom stereocenters. The summed E-state index contributed by atoms with van der Waals surface area (Å²) in [6, 6.07) is 0. The number of piperazine rings is 1. The van der Waals surface area contributed by atoms with Gasteiger partial charge in [0.2, 0.25) is 0 Å². The zero-order valence-electron chi connectivity index (χ0n) is 10.6. The number of aliphatic carboxylic acids is 1. The van der Waals surface area contributed by atoms with Crippen LogP contribution in [0.15, 0.2) is 11.0 Å². The van der Waals surface area contributed by atoms with Gasteiger partial charge in [-0.05, 0) is 0 Å². The number of hydrogen-bond donors (Lipinski definition) is 3. The number of carbonyl (C=O) groups is 1. The molecule has 1 saturated heterocycles. The molecule has 1 aromatic rings. The number of carboxylic acid groups (broad SMARTS) is 1. The molecule has 1 fully saturated rings. The molecule has 118 valence electrons. The number of hydrogen-bond acceptors (Lipinski definition) is 5. The van der Waals surface area contributed by atoms with E-state index >= 15 is 0 Å². The Morgan fingerprint density at radius 2 is 1.90 bits per heavy atom. The van der Waals surface area contributed by atoms with Gasteiger partial charge in [-0.15, -0.1) is 0 Å². The van der Waals surface area contributed by atoms with Crippen LogP contribution in [0.4, 0.5) is 18.9 Å². The third kappa shape index (κ3) is 5.23. The molecule has 1 aliphatic rings. The standard InChI is InChI=1S/C8H11ClN4O.C2HF3O2/c9-7-6(5-11-12-8(7)14)13-3-1-10-2-4-13;3-2(4,5)1(6)7/h5,10H,1-4H2,(H,12,14);(H,6,7). The third-order valence-corrected chi connectivity index (χ3v) is 2.84. The van der Waals surface area contributed by atoms with Gasteiger partial charge in [0.1, 0.15) is 5.02 Å². The Balaban J connectivity index is 0.000000270. The molecule has 21 heavy (non-hydrogen) atoms. The van der Waals surface area contributed by atoms with Crippen molar-refractivity contribution in [3.8, 4) is 0 Å². The van der Waals surface area contributed by atoms with Gasteiger partial charge in [0, 0.05) is 26.2 Å². The molecule has 1 aliphatic heterocycles. The van der Waals surface area contributed by atoms with E-state index in [2.05, 4.69) is 20.4 Å². The molecule has 0 unspecified atom stereocenters. The van der Waals surface area contributed by atoms with Crippen LogP contribution in [0.2, 0.25) is 5.02 Å². The number of carboxylic acids is 1. The van der Waals surface area contributed by atoms with Crippen LogP contribution in [-0.4, -0.2) is 53.6 Å². The van der Waals surface area contributed by atoms with Gasteiger partial charge < -0.3 is 15.3 Å². The molecule has 0 aromatic carbocycles. The normalized spacial score (nSPS) is 15.1. The molecule has 0 aliphatic carbocycles. The molecule has 0 saturated carbocycles. The Hall–Kier alpha value is -1.81. The summed E-state index contributed by atoms with van der Waals surface area (Å²) in [5, 5.41) is 16.6. The number of nitrogens with zero attached hydrogens (tertiary/aromatic N) is 2. The first-order valence-corrected chi connectivity index (χ1v) is 6.10. The van der Waals surface area contributed by atoms with Crippen molar-refractivity contribution >= 4 is 23.3 Å². The lowest BCUT2D eigenvalue weighted by molar-refractivity contribution is -0.192. The zero-order chi connectivity index (χ0) is 16.0. The van der Waals surface area contributed by atoms with E-state index < -0.39 is 12.1 Å². The summed E-state index contributed by atoms with van der Waals surface area (Å²) in [6.07, 6.45) is -3.49. The summed E-state index contributed by atoms with van der Waals surface area (Å²) >= 11 is 5.88. The number of anilines is 1. The fourth-order valence-corrected chi connectivity index (χ4v) is 1.71. The molecule has 0 bridgehead atoms. The Morgan fingerprint density at radius 1 is 1.38 bits per heavy atom. The number of H-pyrrole nitrogens is 1. The molecule has 0 radical (unpaired) electrons. The van der Waals surface area contributed by atoms with E-state index in [1.807, 2.05) is 0 Å². The molecule has 2 rings (SSSR count). The highest BCUT2D eigenvalue weighted by atomic mass is 35.5. The van der Waals surface area contributed by atoms with Crippen LogP contribution in [0.5, 0.6) is 0 Å². The second-order valence-electron chi connectivity index (χ2n) is 3.94. The summed E-state index contributed by atoms with van der Waals surface area (Å²) < 4.78 is 31.7. The van der Waals surface area contributed by atoms with Crippen LogP contribution in [0.25, 0.3) is 0 Å². The van der Waals surface area contributed by atoms with Gasteiger partial charge in [-0.3, -0.25) is 4.79 Å². The maximum Gasteiger partial charge on any atom is 0.490 e. The quantitative estimate of drug-likeness (QED) is 0.693. The highest BCUT2D eigenvalue weighted by Crippen LogP contribution is 2.20. The van der Waals surface area contributed by atoms with Crippen LogP contribution in [-0.2, 0) is 4.79 Å². The second-order valence-corrected chi connectivity index (χ2v) is 4.32. The first-order chi connectivity index (χ1) is 9.73. The molecule has 3 N–H and O–H groups in total. The van der Waals surface area contributed by atoms with Crippen molar-refractivity contribution in [3.63, 3.8) is 0 Å². The first kappa shape index (κ1) is 17.2. The zero-order valence-corrected chi connectivity index (χ0v) is 11.3. The molecular formula is C10H12ClF3N4O3. The summed E-state index contributed by atoms with van der Waals surface area (Å²) in [5.74, 6) is -2.76. The molecule has 1 aromatic heterocycles. The molecule has 0 amide bonds. The maximum atomic E-state index is 11.2. The number of nitrogens with one attached hydrogen (secondary N) is 2. The van der Waals surface area contributed by atoms with E-state index in [1.165, 1.54) is 0 Å². The van der Waals surface area contributed by atoms with E-state index in [0.29, 0.717) is 0 Å². The SMILES string of the molecule is O=C(O)C(F)(F)F.O=c1[nH]ncc(N2CCNCC2)c1Cl. The fourth-order valence-electron chi connectivity index (χ4n) is 1.50. The van der Waals surface area contributed by atoms with Gasteiger partial charge in [0.15, 0.2) is 0 Å². The van der Waals surface area contributed by atoms with Gasteiger partial charge in [0.25, 0.3) is 5.56 Å². The van der Waals surface area contributed by atoms with Gasteiger partial charge >= 0.3 is 12.1 Å². The third-order valence-electron chi connectivity index (χ3n) is 2.48. The Bertz CT molecular complexity index is 543. The second kappa shape index (κ2) is 7.27. The maximum absolute atomic E-state index is 11.2. The summed E-state index contributed by atoms with van der Waals surface area (Å²) in [7, 11) is 0. The van der Waals surface area contributed by atoms with E-state index in [-0.39, 0.29) is 10.6 Å². The lowest BCUT2D eigenvalue weighted by Gasteiger charge is -2.29. The minimum absolute atomic E-state index is 0.224. The first-order valence-electron chi connectivity index (χ1n) is 5.72. The molecule has 2 heterocycles. The topological polar surface area (TPSA) is 98.3 Å². The average Bonchev–Trinajstić information content (AvgIpc) is 2.42. The predicted molar refractivity (Wildman–Crippen MR) is 68.6 cm³/mol. The minimum atomic E-state index is -5.08. The number of aromatic nitrogens is 2. The lowest BCUT2D eigenvalue weighted by Crippen LogP contribution is -2.44. The van der Waals surface area contributed by atoms with E-state index in [9.17, 15) is 18.0 Å². The van der Waals surface area contributed by atoms with Gasteiger partial charge in [-0.1, -0.05) is 11.6 Å². The highest BCUT2D eigenvalue weighted by molar-refractivity contribution is 6.32. The van der Waals surface area contributed by atoms with Crippen molar-refractivity contribution in [3.05, 3.63) is 21.6 Å². The number of alkyl halides is 3. The van der Waals surface area contributed by atoms with Crippen molar-refractivity contribution in [1.29, 1.82) is 0 Å². The number of rotatable bonds is 1. The predicted octanol–water partition coefficient (Wildman–Crippen LogP) is 0.466. The highest BCUT2D eigenvalue weighted by Gasteiger charge is 2.38. The smallest absolute Gasteiger partial charge is 0.475 e. The fraction of sp³-hybridized carbons (Fsp3) is 0.500. The van der Waals surface area contributed by atoms with Crippen molar-refractivity contribution in [2.75, 3.05) is 31.1 Å². The monoisotopic (exact) mass is 328 g/mol. The van der Waals surface area contributed by atoms with Crippen molar-refractivity contribution in [2.24, 2.45) is 0 Å². The number of aromatic amines is 1. The summed E-state index contributed by atoms with van der Waals surface area (Å²) in [6.45, 7) is 3.52. The molecular weight excluding hydrogens is 317 g/mol. The van der Waals surface area contributed by atoms with Crippen molar-refractivity contribution in [1.82, 2.24) is 15.5 Å². The van der Waals surface area contributed by atoms with Crippen LogP contribution in [0.1, 0.15) is 0 Å². The van der Waals surface area contributed by atoms with Gasteiger partial charge in [-0.25, -0.2) is 9.89 Å². The minimum Gasteiger partial charge on any atom is -0.475 e. The van der Waals surface area contributed by atoms with Crippen LogP contribution < -0.4 is 15.8 Å². The van der Waals surface area contributed by atoms with Gasteiger partial charge in [0.05, 0.1) is 11.9 Å². The molecule has 0 spiro atoms. The van der Waals surface area contributed by atoms with E-state index in [0.717, 1.165) is 31.9 Å². The largest absolute Gasteiger partial charge is 0.490 e. The van der Waals surface area contributed by atoms with Crippen LogP contribution in [0, 0.1) is 0 Å². The van der Waals surface area contributed by atoms with E-state index in [4.69, 9.17) is 21.5 Å². The van der Waals surface area contributed by atoms with E-state index in [1.54, 1.807) is 6.20 Å². The number of halogens is 4. The molecule has 11 heteroatoms. The van der Waals surface area contributed by atoms with Crippen molar-refractivity contribution in [2.45, 2.75) is 6.18 Å². The Morgan fingerprint density at radius 3 is 2.38 bits per heavy atom. The van der Waals surface area contributed by atoms with Gasteiger partial charge in [-0.2, -0.15) is 18.3 Å². The van der Waals surface area contributed by atoms with Crippen LogP contribution >= 0.6 is 11.6 Å². The average molecular weight is 329 g/mol. The summed E-state index contributed by atoms with van der Waals surface area (Å²) in [4.78, 5) is 22.1. The molecule has 7 nitrogen and oxygen atoms in total. The van der Waals surface area contributed by atoms with Crippen LogP contribution in [0.3, 0.4) is 0 Å². The van der Waals surface area contributed by atoms with Crippen molar-refractivity contribution < 1.29 is 23.1 Å². The lowest BCUT2D eigenvalue weighted by atomic mass is 10.3. The Kier molecular flexibility index (Phi) is 5.97. The Labute approximate surface area is 121 Å². The summed E-state index contributed by atoms with van der Waals surface area (Å²) in [5.41, 5.74) is 0.389.